The van der Waals surface area contributed by atoms with Crippen LogP contribution in [-0.2, 0) is 4.79 Å². The van der Waals surface area contributed by atoms with Gasteiger partial charge >= 0.3 is 0 Å². The lowest BCUT2D eigenvalue weighted by Crippen LogP contribution is -2.27. The van der Waals surface area contributed by atoms with E-state index in [1.165, 1.54) is 12.8 Å². The molecule has 1 saturated heterocycles. The van der Waals surface area contributed by atoms with Gasteiger partial charge in [-0.25, -0.2) is 0 Å². The molecule has 1 fully saturated rings. The van der Waals surface area contributed by atoms with Gasteiger partial charge in [-0.15, -0.1) is 0 Å². The fourth-order valence-corrected chi connectivity index (χ4v) is 1.66. The summed E-state index contributed by atoms with van der Waals surface area (Å²) in [7, 11) is 2.10. The molecule has 0 aromatic rings. The highest BCUT2D eigenvalue weighted by Crippen LogP contribution is 2.15. The van der Waals surface area contributed by atoms with Crippen molar-refractivity contribution >= 4 is 5.78 Å². The fraction of sp³-hybridized carbons (Fsp3) is 0.889. The third kappa shape index (κ3) is 2.62. The van der Waals surface area contributed by atoms with E-state index >= 15 is 0 Å². The van der Waals surface area contributed by atoms with E-state index in [9.17, 15) is 4.79 Å². The summed E-state index contributed by atoms with van der Waals surface area (Å²) in [6.45, 7) is 3.84. The maximum absolute atomic E-state index is 11.1. The van der Waals surface area contributed by atoms with Gasteiger partial charge in [-0.3, -0.25) is 4.79 Å². The third-order valence-corrected chi connectivity index (χ3v) is 2.45. The smallest absolute Gasteiger partial charge is 0.134 e. The van der Waals surface area contributed by atoms with Crippen LogP contribution in [0, 0.1) is 5.92 Å². The zero-order chi connectivity index (χ0) is 8.27. The number of hydrogen-bond donors (Lipinski definition) is 0. The minimum absolute atomic E-state index is 0.308. The Balaban J connectivity index is 2.45. The molecule has 0 aromatic heterocycles. The average Bonchev–Trinajstić information content (AvgIpc) is 2.13. The average molecular weight is 155 g/mol. The molecule has 0 N–H and O–H groups in total. The van der Waals surface area contributed by atoms with Gasteiger partial charge in [0, 0.05) is 12.5 Å². The van der Waals surface area contributed by atoms with E-state index in [2.05, 4.69) is 11.9 Å². The SMILES string of the molecule is CC(=O)[C@H]1CCCCN(C)C1. The van der Waals surface area contributed by atoms with Gasteiger partial charge in [0.1, 0.15) is 5.78 Å². The highest BCUT2D eigenvalue weighted by molar-refractivity contribution is 5.78. The van der Waals surface area contributed by atoms with Gasteiger partial charge in [-0.2, -0.15) is 0 Å². The molecule has 0 aliphatic carbocycles. The van der Waals surface area contributed by atoms with Crippen molar-refractivity contribution in [3.8, 4) is 0 Å². The first kappa shape index (κ1) is 8.72. The van der Waals surface area contributed by atoms with Crippen molar-refractivity contribution in [3.05, 3.63) is 0 Å². The number of rotatable bonds is 1. The Kier molecular flexibility index (Phi) is 3.06. The van der Waals surface area contributed by atoms with Crippen LogP contribution < -0.4 is 0 Å². The first-order valence-electron chi connectivity index (χ1n) is 4.39. The monoisotopic (exact) mass is 155 g/mol. The van der Waals surface area contributed by atoms with Gasteiger partial charge in [0.25, 0.3) is 0 Å². The van der Waals surface area contributed by atoms with E-state index in [1.54, 1.807) is 6.92 Å². The number of Topliss-reactive ketones (excluding diaryl/α,β-unsaturated/α-hetero) is 1. The Morgan fingerprint density at radius 1 is 1.45 bits per heavy atom. The van der Waals surface area contributed by atoms with Gasteiger partial charge in [-0.1, -0.05) is 6.42 Å². The van der Waals surface area contributed by atoms with E-state index in [4.69, 9.17) is 0 Å². The summed E-state index contributed by atoms with van der Waals surface area (Å²) in [6, 6.07) is 0. The second-order valence-corrected chi connectivity index (χ2v) is 3.57. The highest BCUT2D eigenvalue weighted by Gasteiger charge is 2.18. The molecule has 1 rings (SSSR count). The van der Waals surface area contributed by atoms with Crippen LogP contribution in [0.2, 0.25) is 0 Å². The van der Waals surface area contributed by atoms with E-state index < -0.39 is 0 Å². The number of carbonyl (C=O) groups excluding carboxylic acids is 1. The lowest BCUT2D eigenvalue weighted by Gasteiger charge is -2.16. The second kappa shape index (κ2) is 3.86. The standard InChI is InChI=1S/C9H17NO/c1-8(11)9-5-3-4-6-10(2)7-9/h9H,3-7H2,1-2H3/t9-/m0/s1. The number of ketones is 1. The molecular formula is C9H17NO. The van der Waals surface area contributed by atoms with Crippen LogP contribution in [-0.4, -0.2) is 30.8 Å². The normalized spacial score (nSPS) is 28.0. The molecule has 0 saturated carbocycles. The van der Waals surface area contributed by atoms with Crippen molar-refractivity contribution in [2.24, 2.45) is 5.92 Å². The summed E-state index contributed by atoms with van der Waals surface area (Å²) >= 11 is 0. The van der Waals surface area contributed by atoms with E-state index in [0.717, 1.165) is 19.5 Å². The minimum atomic E-state index is 0.308. The van der Waals surface area contributed by atoms with Crippen molar-refractivity contribution < 1.29 is 4.79 Å². The minimum Gasteiger partial charge on any atom is -0.306 e. The quantitative estimate of drug-likeness (QED) is 0.569. The first-order chi connectivity index (χ1) is 5.20. The summed E-state index contributed by atoms with van der Waals surface area (Å²) in [5.41, 5.74) is 0. The Morgan fingerprint density at radius 2 is 2.18 bits per heavy atom. The lowest BCUT2D eigenvalue weighted by molar-refractivity contribution is -0.121. The number of carbonyl (C=O) groups is 1. The number of nitrogens with zero attached hydrogens (tertiary/aromatic N) is 1. The second-order valence-electron chi connectivity index (χ2n) is 3.57. The molecule has 11 heavy (non-hydrogen) atoms. The number of likely N-dealkylation sites (tertiary alicyclic amines) is 1. The molecule has 64 valence electrons. The maximum atomic E-state index is 11.1. The molecule has 0 spiro atoms. The first-order valence-corrected chi connectivity index (χ1v) is 4.39. The molecule has 0 radical (unpaired) electrons. The third-order valence-electron chi connectivity index (χ3n) is 2.45. The summed E-state index contributed by atoms with van der Waals surface area (Å²) in [5.74, 6) is 0.668. The number of hydrogen-bond acceptors (Lipinski definition) is 2. The molecule has 2 heteroatoms. The van der Waals surface area contributed by atoms with Crippen LogP contribution in [0.4, 0.5) is 0 Å². The zero-order valence-electron chi connectivity index (χ0n) is 7.47. The van der Waals surface area contributed by atoms with E-state index in [-0.39, 0.29) is 0 Å². The van der Waals surface area contributed by atoms with E-state index in [0.29, 0.717) is 11.7 Å². The van der Waals surface area contributed by atoms with Crippen LogP contribution in [0.25, 0.3) is 0 Å². The summed E-state index contributed by atoms with van der Waals surface area (Å²) < 4.78 is 0. The van der Waals surface area contributed by atoms with Crippen LogP contribution >= 0.6 is 0 Å². The van der Waals surface area contributed by atoms with Crippen LogP contribution in [0.3, 0.4) is 0 Å². The van der Waals surface area contributed by atoms with Crippen LogP contribution in [0.15, 0.2) is 0 Å². The largest absolute Gasteiger partial charge is 0.306 e. The summed E-state index contributed by atoms with van der Waals surface area (Å²) in [4.78, 5) is 13.3. The van der Waals surface area contributed by atoms with Gasteiger partial charge < -0.3 is 4.90 Å². The van der Waals surface area contributed by atoms with E-state index in [1.807, 2.05) is 0 Å². The van der Waals surface area contributed by atoms with Gasteiger partial charge in [0.05, 0.1) is 0 Å². The predicted molar refractivity (Wildman–Crippen MR) is 45.5 cm³/mol. The topological polar surface area (TPSA) is 20.3 Å². The predicted octanol–water partition coefficient (Wildman–Crippen LogP) is 1.31. The lowest BCUT2D eigenvalue weighted by atomic mass is 10.00. The molecule has 0 amide bonds. The summed E-state index contributed by atoms with van der Waals surface area (Å²) in [6.07, 6.45) is 3.56. The Bertz CT molecular complexity index is 144. The van der Waals surface area contributed by atoms with Gasteiger partial charge in [0.15, 0.2) is 0 Å². The highest BCUT2D eigenvalue weighted by atomic mass is 16.1. The van der Waals surface area contributed by atoms with Crippen LogP contribution in [0.1, 0.15) is 26.2 Å². The summed E-state index contributed by atoms with van der Waals surface area (Å²) in [5, 5.41) is 0. The van der Waals surface area contributed by atoms with Gasteiger partial charge in [-0.05, 0) is 33.4 Å². The zero-order valence-corrected chi connectivity index (χ0v) is 7.47. The maximum Gasteiger partial charge on any atom is 0.134 e. The molecule has 1 aliphatic heterocycles. The Morgan fingerprint density at radius 3 is 2.82 bits per heavy atom. The van der Waals surface area contributed by atoms with Crippen molar-refractivity contribution in [2.45, 2.75) is 26.2 Å². The Hall–Kier alpha value is -0.370. The molecule has 1 atom stereocenters. The van der Waals surface area contributed by atoms with Crippen molar-refractivity contribution in [1.82, 2.24) is 4.90 Å². The molecule has 0 bridgehead atoms. The molecule has 1 aliphatic rings. The Labute approximate surface area is 68.6 Å². The molecule has 0 aromatic carbocycles. The van der Waals surface area contributed by atoms with Gasteiger partial charge in [0.2, 0.25) is 0 Å². The molecule has 2 nitrogen and oxygen atoms in total. The fourth-order valence-electron chi connectivity index (χ4n) is 1.66. The molecular weight excluding hydrogens is 138 g/mol. The molecule has 1 heterocycles. The van der Waals surface area contributed by atoms with Crippen molar-refractivity contribution in [3.63, 3.8) is 0 Å². The van der Waals surface area contributed by atoms with Crippen molar-refractivity contribution in [2.75, 3.05) is 20.1 Å². The van der Waals surface area contributed by atoms with Crippen molar-refractivity contribution in [1.29, 1.82) is 0 Å². The van der Waals surface area contributed by atoms with Crippen LogP contribution in [0.5, 0.6) is 0 Å². The molecule has 0 unspecified atom stereocenters.